The molecule has 4 nitrogen and oxygen atoms in total. The second-order valence-electron chi connectivity index (χ2n) is 4.21. The van der Waals surface area contributed by atoms with Gasteiger partial charge in [0.05, 0.1) is 34.9 Å². The molecular weight excluding hydrogens is 212 g/mol. The van der Waals surface area contributed by atoms with Crippen molar-refractivity contribution in [1.29, 1.82) is 5.26 Å². The Hall–Kier alpha value is -2.28. The number of hydrogen-bond donors (Lipinski definition) is 1. The summed E-state index contributed by atoms with van der Waals surface area (Å²) in [5, 5.41) is 13.0. The zero-order valence-electron chi connectivity index (χ0n) is 9.88. The molecule has 0 radical (unpaired) electrons. The van der Waals surface area contributed by atoms with Crippen LogP contribution in [0.3, 0.4) is 0 Å². The Morgan fingerprint density at radius 2 is 1.94 bits per heavy atom. The molecule has 2 aromatic rings. The second-order valence-corrected chi connectivity index (χ2v) is 4.21. The summed E-state index contributed by atoms with van der Waals surface area (Å²) in [6.45, 7) is 4.15. The first-order valence-corrected chi connectivity index (χ1v) is 5.47. The fraction of sp³-hybridized carbons (Fsp3) is 0.231. The highest BCUT2D eigenvalue weighted by atomic mass is 15.3. The highest BCUT2D eigenvalue weighted by Crippen LogP contribution is 2.24. The molecule has 86 valence electrons. The fourth-order valence-electron chi connectivity index (χ4n) is 1.83. The molecule has 0 amide bonds. The van der Waals surface area contributed by atoms with E-state index in [2.05, 4.69) is 25.0 Å². The third-order valence-corrected chi connectivity index (χ3v) is 2.62. The lowest BCUT2D eigenvalue weighted by atomic mass is 10.1. The summed E-state index contributed by atoms with van der Waals surface area (Å²) >= 11 is 0. The molecule has 0 aliphatic heterocycles. The zero-order valence-corrected chi connectivity index (χ0v) is 9.88. The number of anilines is 1. The van der Waals surface area contributed by atoms with E-state index in [4.69, 9.17) is 11.0 Å². The van der Waals surface area contributed by atoms with Crippen LogP contribution in [0, 0.1) is 11.3 Å². The van der Waals surface area contributed by atoms with E-state index in [1.807, 2.05) is 16.8 Å². The van der Waals surface area contributed by atoms with Gasteiger partial charge in [0.2, 0.25) is 0 Å². The van der Waals surface area contributed by atoms with Crippen molar-refractivity contribution < 1.29 is 0 Å². The normalized spacial score (nSPS) is 10.5. The van der Waals surface area contributed by atoms with Crippen LogP contribution >= 0.6 is 0 Å². The van der Waals surface area contributed by atoms with Crippen LogP contribution in [0.15, 0.2) is 30.5 Å². The van der Waals surface area contributed by atoms with Crippen LogP contribution < -0.4 is 5.73 Å². The van der Waals surface area contributed by atoms with Gasteiger partial charge in [-0.05, 0) is 30.2 Å². The lowest BCUT2D eigenvalue weighted by Gasteiger charge is -2.11. The fourth-order valence-corrected chi connectivity index (χ4v) is 1.83. The smallest absolute Gasteiger partial charge is 0.0991 e. The van der Waals surface area contributed by atoms with E-state index in [1.54, 1.807) is 18.3 Å². The van der Waals surface area contributed by atoms with Crippen molar-refractivity contribution in [2.24, 2.45) is 0 Å². The topological polar surface area (TPSA) is 67.6 Å². The average molecular weight is 226 g/mol. The molecule has 0 spiro atoms. The second kappa shape index (κ2) is 4.30. The zero-order chi connectivity index (χ0) is 12.4. The van der Waals surface area contributed by atoms with Gasteiger partial charge in [-0.3, -0.25) is 0 Å². The van der Waals surface area contributed by atoms with Crippen LogP contribution in [-0.2, 0) is 0 Å². The van der Waals surface area contributed by atoms with Gasteiger partial charge in [-0.1, -0.05) is 13.8 Å². The summed E-state index contributed by atoms with van der Waals surface area (Å²) < 4.78 is 1.82. The maximum atomic E-state index is 8.75. The molecule has 0 unspecified atom stereocenters. The van der Waals surface area contributed by atoms with E-state index in [-0.39, 0.29) is 0 Å². The molecule has 2 N–H and O–H groups in total. The minimum Gasteiger partial charge on any atom is -0.396 e. The number of aromatic nitrogens is 2. The first kappa shape index (κ1) is 11.2. The molecule has 0 aliphatic rings. The van der Waals surface area contributed by atoms with Gasteiger partial charge in [-0.2, -0.15) is 10.4 Å². The minimum absolute atomic E-state index is 0.299. The lowest BCUT2D eigenvalue weighted by Crippen LogP contribution is -2.05. The van der Waals surface area contributed by atoms with Gasteiger partial charge < -0.3 is 5.73 Å². The van der Waals surface area contributed by atoms with Crippen molar-refractivity contribution in [1.82, 2.24) is 9.78 Å². The Balaban J connectivity index is 2.50. The van der Waals surface area contributed by atoms with Crippen LogP contribution in [0.4, 0.5) is 5.69 Å². The molecule has 2 rings (SSSR count). The molecule has 4 heteroatoms. The highest BCUT2D eigenvalue weighted by Gasteiger charge is 2.13. The van der Waals surface area contributed by atoms with E-state index in [0.717, 1.165) is 11.4 Å². The number of nitrogens with two attached hydrogens (primary N) is 1. The van der Waals surface area contributed by atoms with Gasteiger partial charge in [-0.25, -0.2) is 4.68 Å². The average Bonchev–Trinajstić information content (AvgIpc) is 2.71. The summed E-state index contributed by atoms with van der Waals surface area (Å²) in [7, 11) is 0. The van der Waals surface area contributed by atoms with Gasteiger partial charge >= 0.3 is 0 Å². The third kappa shape index (κ3) is 2.00. The van der Waals surface area contributed by atoms with Crippen LogP contribution in [0.5, 0.6) is 0 Å². The maximum absolute atomic E-state index is 8.75. The van der Waals surface area contributed by atoms with Crippen molar-refractivity contribution in [3.8, 4) is 11.8 Å². The van der Waals surface area contributed by atoms with E-state index in [1.165, 1.54) is 0 Å². The molecule has 1 heterocycles. The lowest BCUT2D eigenvalue weighted by molar-refractivity contribution is 0.736. The Labute approximate surface area is 100 Å². The molecular formula is C13H14N4. The minimum atomic E-state index is 0.299. The van der Waals surface area contributed by atoms with Gasteiger partial charge in [0.15, 0.2) is 0 Å². The van der Waals surface area contributed by atoms with Gasteiger partial charge in [0.1, 0.15) is 0 Å². The Kier molecular flexibility index (Phi) is 2.84. The molecule has 1 aromatic carbocycles. The number of nitrogens with zero attached hydrogens (tertiary/aromatic N) is 3. The van der Waals surface area contributed by atoms with E-state index < -0.39 is 0 Å². The molecule has 1 aromatic heterocycles. The van der Waals surface area contributed by atoms with E-state index in [9.17, 15) is 0 Å². The summed E-state index contributed by atoms with van der Waals surface area (Å²) in [4.78, 5) is 0. The van der Waals surface area contributed by atoms with Crippen LogP contribution in [0.1, 0.15) is 31.0 Å². The first-order valence-electron chi connectivity index (χ1n) is 5.47. The summed E-state index contributed by atoms with van der Waals surface area (Å²) in [6, 6.07) is 9.39. The van der Waals surface area contributed by atoms with Crippen molar-refractivity contribution >= 4 is 5.69 Å². The van der Waals surface area contributed by atoms with Crippen molar-refractivity contribution in [2.45, 2.75) is 19.8 Å². The molecule has 0 saturated carbocycles. The molecule has 17 heavy (non-hydrogen) atoms. The first-order chi connectivity index (χ1) is 8.13. The summed E-state index contributed by atoms with van der Waals surface area (Å²) in [6.07, 6.45) is 1.66. The Morgan fingerprint density at radius 1 is 1.29 bits per heavy atom. The monoisotopic (exact) mass is 226 g/mol. The van der Waals surface area contributed by atoms with E-state index >= 15 is 0 Å². The quantitative estimate of drug-likeness (QED) is 0.855. The molecule has 0 bridgehead atoms. The van der Waals surface area contributed by atoms with Crippen LogP contribution in [0.25, 0.3) is 5.69 Å². The number of nitriles is 1. The van der Waals surface area contributed by atoms with Crippen LogP contribution in [0.2, 0.25) is 0 Å². The predicted molar refractivity (Wildman–Crippen MR) is 66.8 cm³/mol. The van der Waals surface area contributed by atoms with Crippen molar-refractivity contribution in [3.05, 3.63) is 41.7 Å². The predicted octanol–water partition coefficient (Wildman–Crippen LogP) is 2.45. The SMILES string of the molecule is CC(C)c1c(N)cnn1-c1ccc(C#N)cc1. The Morgan fingerprint density at radius 3 is 2.47 bits per heavy atom. The summed E-state index contributed by atoms with van der Waals surface area (Å²) in [5.74, 6) is 0.299. The molecule has 0 atom stereocenters. The van der Waals surface area contributed by atoms with Crippen LogP contribution in [-0.4, -0.2) is 9.78 Å². The number of hydrogen-bond acceptors (Lipinski definition) is 3. The number of benzene rings is 1. The third-order valence-electron chi connectivity index (χ3n) is 2.62. The number of nitrogen functional groups attached to an aromatic ring is 1. The van der Waals surface area contributed by atoms with E-state index in [0.29, 0.717) is 17.2 Å². The molecule has 0 fully saturated rings. The number of rotatable bonds is 2. The van der Waals surface area contributed by atoms with Crippen molar-refractivity contribution in [2.75, 3.05) is 5.73 Å². The highest BCUT2D eigenvalue weighted by molar-refractivity contribution is 5.48. The van der Waals surface area contributed by atoms with Gasteiger partial charge in [0, 0.05) is 0 Å². The van der Waals surface area contributed by atoms with Gasteiger partial charge in [0.25, 0.3) is 0 Å². The summed E-state index contributed by atoms with van der Waals surface area (Å²) in [5.41, 5.74) is 9.15. The standard InChI is InChI=1S/C13H14N4/c1-9(2)13-12(15)8-16-17(13)11-5-3-10(7-14)4-6-11/h3-6,8-9H,15H2,1-2H3. The maximum Gasteiger partial charge on any atom is 0.0991 e. The van der Waals surface area contributed by atoms with Crippen molar-refractivity contribution in [3.63, 3.8) is 0 Å². The Bertz CT molecular complexity index is 558. The molecule has 0 aliphatic carbocycles. The van der Waals surface area contributed by atoms with Gasteiger partial charge in [-0.15, -0.1) is 0 Å². The molecule has 0 saturated heterocycles. The largest absolute Gasteiger partial charge is 0.396 e.